The van der Waals surface area contributed by atoms with Crippen molar-refractivity contribution < 1.29 is 4.79 Å². The monoisotopic (exact) mass is 278 g/mol. The smallest absolute Gasteiger partial charge is 0.262 e. The van der Waals surface area contributed by atoms with Crippen LogP contribution in [-0.2, 0) is 4.79 Å². The van der Waals surface area contributed by atoms with E-state index in [-0.39, 0.29) is 18.0 Å². The Morgan fingerprint density at radius 3 is 2.74 bits per heavy atom. The van der Waals surface area contributed by atoms with E-state index in [2.05, 4.69) is 25.1 Å². The Labute approximate surface area is 120 Å². The van der Waals surface area contributed by atoms with Gasteiger partial charge in [-0.2, -0.15) is 17.0 Å². The Kier molecular flexibility index (Phi) is 10.8. The molecule has 0 saturated heterocycles. The highest BCUT2D eigenvalue weighted by molar-refractivity contribution is 7.99. The Balaban J connectivity index is 4.46. The molecule has 0 aromatic heterocycles. The molecule has 4 heteroatoms. The summed E-state index contributed by atoms with van der Waals surface area (Å²) in [6, 6.07) is 1.94. The second kappa shape index (κ2) is 11.7. The molecule has 0 aromatic carbocycles. The number of rotatable bonds is 9. The highest BCUT2D eigenvalue weighted by atomic mass is 32.2. The quantitative estimate of drug-likeness (QED) is 0.401. The lowest BCUT2D eigenvalue weighted by molar-refractivity contribution is -0.116. The minimum atomic E-state index is -0.379. The van der Waals surface area contributed by atoms with Gasteiger partial charge in [0.1, 0.15) is 11.6 Å². The summed E-state index contributed by atoms with van der Waals surface area (Å²) in [7, 11) is 0. The lowest BCUT2D eigenvalue weighted by Gasteiger charge is -2.13. The molecule has 0 saturated carbocycles. The van der Waals surface area contributed by atoms with E-state index in [9.17, 15) is 4.79 Å². The minimum Gasteiger partial charge on any atom is -0.341 e. The normalized spacial score (nSPS) is 12.3. The number of amides is 1. The first-order valence-corrected chi connectivity index (χ1v) is 7.67. The highest BCUT2D eigenvalue weighted by Gasteiger charge is 2.10. The van der Waals surface area contributed by atoms with Crippen molar-refractivity contribution in [3.63, 3.8) is 0 Å². The van der Waals surface area contributed by atoms with Gasteiger partial charge in [-0.05, 0) is 25.0 Å². The zero-order valence-electron chi connectivity index (χ0n) is 11.7. The molecule has 0 aliphatic carbocycles. The van der Waals surface area contributed by atoms with Gasteiger partial charge in [-0.1, -0.05) is 32.3 Å². The van der Waals surface area contributed by atoms with Crippen LogP contribution in [0.15, 0.2) is 11.6 Å². The van der Waals surface area contributed by atoms with Crippen molar-refractivity contribution in [1.82, 2.24) is 5.32 Å². The van der Waals surface area contributed by atoms with E-state index < -0.39 is 0 Å². The summed E-state index contributed by atoms with van der Waals surface area (Å²) in [4.78, 5) is 11.6. The fraction of sp³-hybridized carbons (Fsp3) is 0.600. The molecule has 1 amide bonds. The van der Waals surface area contributed by atoms with E-state index in [1.807, 2.05) is 17.8 Å². The topological polar surface area (TPSA) is 52.9 Å². The number of nitrogens with zero attached hydrogens (tertiary/aromatic N) is 1. The molecule has 0 radical (unpaired) electrons. The van der Waals surface area contributed by atoms with Crippen LogP contribution in [0.5, 0.6) is 0 Å². The molecule has 0 rings (SSSR count). The summed E-state index contributed by atoms with van der Waals surface area (Å²) in [6.07, 6.45) is 10.9. The van der Waals surface area contributed by atoms with Crippen LogP contribution in [0.25, 0.3) is 0 Å². The van der Waals surface area contributed by atoms with E-state index in [1.165, 1.54) is 0 Å². The Morgan fingerprint density at radius 2 is 2.21 bits per heavy atom. The molecule has 0 spiro atoms. The number of hydrogen-bond acceptors (Lipinski definition) is 3. The second-order valence-corrected chi connectivity index (χ2v) is 5.54. The van der Waals surface area contributed by atoms with Crippen LogP contribution in [0.3, 0.4) is 0 Å². The van der Waals surface area contributed by atoms with Gasteiger partial charge in [-0.15, -0.1) is 6.42 Å². The number of thioether (sulfide) groups is 1. The standard InChI is InChI=1S/C15H22N2OS/c1-4-7-14(19-11-6-3)9-8-13(12-16)15(18)17-10-5-2/h2,8,14H,4,6-7,9-11H2,1,3H3,(H,17,18). The fourth-order valence-electron chi connectivity index (χ4n) is 1.54. The third kappa shape index (κ3) is 8.35. The summed E-state index contributed by atoms with van der Waals surface area (Å²) in [6.45, 7) is 4.45. The van der Waals surface area contributed by atoms with Gasteiger partial charge in [0.05, 0.1) is 6.54 Å². The van der Waals surface area contributed by atoms with Crippen molar-refractivity contribution in [1.29, 1.82) is 5.26 Å². The van der Waals surface area contributed by atoms with Crippen molar-refractivity contribution in [2.24, 2.45) is 0 Å². The fourth-order valence-corrected chi connectivity index (χ4v) is 2.74. The number of carbonyl (C=O) groups is 1. The zero-order chi connectivity index (χ0) is 14.5. The minimum absolute atomic E-state index is 0.154. The summed E-state index contributed by atoms with van der Waals surface area (Å²) < 4.78 is 0. The van der Waals surface area contributed by atoms with E-state index in [0.717, 1.165) is 31.4 Å². The van der Waals surface area contributed by atoms with Crippen molar-refractivity contribution >= 4 is 17.7 Å². The predicted molar refractivity (Wildman–Crippen MR) is 81.6 cm³/mol. The SMILES string of the molecule is C#CCNC(=O)C(C#N)=CCC(CCC)SCCC. The lowest BCUT2D eigenvalue weighted by Crippen LogP contribution is -2.24. The molecule has 0 aromatic rings. The number of hydrogen-bond donors (Lipinski definition) is 1. The first kappa shape index (κ1) is 17.6. The summed E-state index contributed by atoms with van der Waals surface area (Å²) in [5.41, 5.74) is 0.161. The van der Waals surface area contributed by atoms with Crippen LogP contribution in [0.2, 0.25) is 0 Å². The first-order chi connectivity index (χ1) is 9.19. The molecule has 19 heavy (non-hydrogen) atoms. The van der Waals surface area contributed by atoms with Gasteiger partial charge >= 0.3 is 0 Å². The maximum Gasteiger partial charge on any atom is 0.262 e. The second-order valence-electron chi connectivity index (χ2n) is 4.13. The zero-order valence-corrected chi connectivity index (χ0v) is 12.6. The Bertz CT molecular complexity index is 377. The molecule has 0 fully saturated rings. The predicted octanol–water partition coefficient (Wildman–Crippen LogP) is 2.89. The molecular formula is C15H22N2OS. The Morgan fingerprint density at radius 1 is 1.47 bits per heavy atom. The van der Waals surface area contributed by atoms with Crippen LogP contribution >= 0.6 is 11.8 Å². The van der Waals surface area contributed by atoms with Gasteiger partial charge in [0, 0.05) is 5.25 Å². The summed E-state index contributed by atoms with van der Waals surface area (Å²) in [5.74, 6) is 3.05. The molecular weight excluding hydrogens is 256 g/mol. The van der Waals surface area contributed by atoms with Crippen LogP contribution in [0, 0.1) is 23.7 Å². The largest absolute Gasteiger partial charge is 0.341 e. The van der Waals surface area contributed by atoms with Gasteiger partial charge in [0.15, 0.2) is 0 Å². The van der Waals surface area contributed by atoms with E-state index >= 15 is 0 Å². The molecule has 0 bridgehead atoms. The number of nitrogens with one attached hydrogen (secondary N) is 1. The van der Waals surface area contributed by atoms with Gasteiger partial charge < -0.3 is 5.32 Å². The van der Waals surface area contributed by atoms with Gasteiger partial charge in [0.25, 0.3) is 5.91 Å². The third-order valence-corrected chi connectivity index (χ3v) is 4.01. The van der Waals surface area contributed by atoms with Crippen molar-refractivity contribution in [3.8, 4) is 18.4 Å². The third-order valence-electron chi connectivity index (χ3n) is 2.47. The first-order valence-electron chi connectivity index (χ1n) is 6.63. The van der Waals surface area contributed by atoms with E-state index in [1.54, 1.807) is 6.08 Å². The van der Waals surface area contributed by atoms with Crippen molar-refractivity contribution in [2.45, 2.75) is 44.8 Å². The molecule has 1 N–H and O–H groups in total. The number of terminal acetylenes is 1. The van der Waals surface area contributed by atoms with Gasteiger partial charge in [-0.3, -0.25) is 4.79 Å². The summed E-state index contributed by atoms with van der Waals surface area (Å²) >= 11 is 1.91. The number of nitriles is 1. The average molecular weight is 278 g/mol. The Hall–Kier alpha value is -1.39. The molecule has 104 valence electrons. The molecule has 0 heterocycles. The van der Waals surface area contributed by atoms with Crippen molar-refractivity contribution in [3.05, 3.63) is 11.6 Å². The van der Waals surface area contributed by atoms with Crippen LogP contribution in [0.4, 0.5) is 0 Å². The van der Waals surface area contributed by atoms with E-state index in [4.69, 9.17) is 11.7 Å². The van der Waals surface area contributed by atoms with Crippen LogP contribution in [-0.4, -0.2) is 23.5 Å². The van der Waals surface area contributed by atoms with E-state index in [0.29, 0.717) is 5.25 Å². The van der Waals surface area contributed by atoms with Gasteiger partial charge in [0.2, 0.25) is 0 Å². The van der Waals surface area contributed by atoms with Gasteiger partial charge in [-0.25, -0.2) is 0 Å². The number of carbonyl (C=O) groups excluding carboxylic acids is 1. The lowest BCUT2D eigenvalue weighted by atomic mass is 10.1. The molecule has 0 aliphatic heterocycles. The molecule has 0 aliphatic rings. The maximum atomic E-state index is 11.6. The number of allylic oxidation sites excluding steroid dienone is 1. The van der Waals surface area contributed by atoms with Crippen molar-refractivity contribution in [2.75, 3.05) is 12.3 Å². The average Bonchev–Trinajstić information content (AvgIpc) is 2.42. The van der Waals surface area contributed by atoms with Crippen LogP contribution in [0.1, 0.15) is 39.5 Å². The summed E-state index contributed by atoms with van der Waals surface area (Å²) in [5, 5.41) is 12.0. The highest BCUT2D eigenvalue weighted by Crippen LogP contribution is 2.21. The van der Waals surface area contributed by atoms with Crippen LogP contribution < -0.4 is 5.32 Å². The molecule has 1 atom stereocenters. The molecule has 3 nitrogen and oxygen atoms in total. The molecule has 1 unspecified atom stereocenters. The maximum absolute atomic E-state index is 11.6.